The van der Waals surface area contributed by atoms with Crippen LogP contribution in [-0.2, 0) is 0 Å². The van der Waals surface area contributed by atoms with Crippen molar-refractivity contribution in [1.29, 1.82) is 5.26 Å². The second kappa shape index (κ2) is 12.6. The van der Waals surface area contributed by atoms with Gasteiger partial charge in [0.2, 0.25) is 0 Å². The van der Waals surface area contributed by atoms with Crippen molar-refractivity contribution in [3.8, 4) is 6.07 Å². The Balaban J connectivity index is 1.76. The lowest BCUT2D eigenvalue weighted by Crippen LogP contribution is -2.33. The molecule has 1 aromatic carbocycles. The molecule has 0 aromatic heterocycles. The fraction of sp³-hybridized carbons (Fsp3) is 0.531. The highest BCUT2D eigenvalue weighted by molar-refractivity contribution is 6.10. The molecule has 1 saturated heterocycles. The van der Waals surface area contributed by atoms with Gasteiger partial charge in [0.25, 0.3) is 0 Å². The quantitative estimate of drug-likeness (QED) is 0.422. The molecule has 1 fully saturated rings. The van der Waals surface area contributed by atoms with Crippen molar-refractivity contribution in [3.63, 3.8) is 0 Å². The van der Waals surface area contributed by atoms with Crippen molar-refractivity contribution in [2.75, 3.05) is 26.2 Å². The summed E-state index contributed by atoms with van der Waals surface area (Å²) in [6.07, 6.45) is 12.3. The van der Waals surface area contributed by atoms with Gasteiger partial charge in [-0.25, -0.2) is 4.99 Å². The minimum absolute atomic E-state index is 0.0224. The second-order valence-electron chi connectivity index (χ2n) is 10.9. The summed E-state index contributed by atoms with van der Waals surface area (Å²) in [4.78, 5) is 11.3. The highest BCUT2D eigenvalue weighted by Crippen LogP contribution is 2.39. The van der Waals surface area contributed by atoms with E-state index in [1.54, 1.807) is 6.34 Å². The Hall–Kier alpha value is -2.81. The van der Waals surface area contributed by atoms with Crippen molar-refractivity contribution in [2.24, 2.45) is 15.9 Å². The van der Waals surface area contributed by atoms with E-state index in [-0.39, 0.29) is 12.6 Å². The first-order valence-corrected chi connectivity index (χ1v) is 14.0. The van der Waals surface area contributed by atoms with E-state index in [4.69, 9.17) is 5.26 Å². The molecule has 1 aromatic rings. The van der Waals surface area contributed by atoms with Crippen LogP contribution < -0.4 is 0 Å². The van der Waals surface area contributed by atoms with Crippen LogP contribution in [0.2, 0.25) is 0 Å². The first kappa shape index (κ1) is 27.2. The van der Waals surface area contributed by atoms with Gasteiger partial charge >= 0.3 is 0 Å². The first-order chi connectivity index (χ1) is 18.0. The average molecular weight is 499 g/mol. The van der Waals surface area contributed by atoms with Gasteiger partial charge in [-0.15, -0.1) is 0 Å². The molecule has 1 aliphatic carbocycles. The van der Waals surface area contributed by atoms with Gasteiger partial charge in [-0.05, 0) is 103 Å². The molecule has 0 radical (unpaired) electrons. The lowest BCUT2D eigenvalue weighted by atomic mass is 9.80. The van der Waals surface area contributed by atoms with E-state index in [0.717, 1.165) is 62.9 Å². The Morgan fingerprint density at radius 1 is 1.22 bits per heavy atom. The van der Waals surface area contributed by atoms with E-state index >= 15 is 0 Å². The summed E-state index contributed by atoms with van der Waals surface area (Å²) in [5.74, 6) is 0.904. The van der Waals surface area contributed by atoms with Crippen molar-refractivity contribution >= 4 is 17.6 Å². The molecule has 5 heteroatoms. The Morgan fingerprint density at radius 2 is 2.00 bits per heavy atom. The molecule has 2 heterocycles. The molecule has 0 spiro atoms. The topological polar surface area (TPSA) is 72.0 Å². The molecule has 1 atom stereocenters. The molecule has 3 aliphatic rings. The highest BCUT2D eigenvalue weighted by atomic mass is 16.3. The van der Waals surface area contributed by atoms with Crippen molar-refractivity contribution in [2.45, 2.75) is 78.2 Å². The maximum absolute atomic E-state index is 10.3. The Labute approximate surface area is 223 Å². The van der Waals surface area contributed by atoms with E-state index in [2.05, 4.69) is 79.0 Å². The molecule has 2 aliphatic heterocycles. The lowest BCUT2D eigenvalue weighted by molar-refractivity contribution is 0.235. The third-order valence-electron chi connectivity index (χ3n) is 8.05. The Morgan fingerprint density at radius 3 is 2.68 bits per heavy atom. The van der Waals surface area contributed by atoms with E-state index in [1.807, 2.05) is 0 Å². The van der Waals surface area contributed by atoms with E-state index in [1.165, 1.54) is 33.4 Å². The number of aliphatic imine (C=N–C) groups is 2. The van der Waals surface area contributed by atoms with Crippen LogP contribution in [0.4, 0.5) is 0 Å². The number of aliphatic hydroxyl groups is 1. The SMILES string of the molecule is CCCC(/C1=C/CCC2N=CN=C2/C(CO)=C\1)=C(\c1cc(C2CCN(CC#N)CC2)ccc1C)C(C)C. The van der Waals surface area contributed by atoms with E-state index in [0.29, 0.717) is 18.4 Å². The van der Waals surface area contributed by atoms with Crippen LogP contribution in [0.5, 0.6) is 0 Å². The first-order valence-electron chi connectivity index (χ1n) is 14.0. The van der Waals surface area contributed by atoms with Crippen molar-refractivity contribution in [1.82, 2.24) is 4.90 Å². The van der Waals surface area contributed by atoms with Crippen LogP contribution in [0.3, 0.4) is 0 Å². The fourth-order valence-electron chi connectivity index (χ4n) is 6.11. The van der Waals surface area contributed by atoms with Crippen LogP contribution in [0.25, 0.3) is 5.57 Å². The summed E-state index contributed by atoms with van der Waals surface area (Å²) < 4.78 is 0. The third kappa shape index (κ3) is 6.20. The largest absolute Gasteiger partial charge is 0.392 e. The summed E-state index contributed by atoms with van der Waals surface area (Å²) in [6.45, 7) is 11.6. The van der Waals surface area contributed by atoms with Gasteiger partial charge in [0, 0.05) is 5.57 Å². The van der Waals surface area contributed by atoms with Gasteiger partial charge in [-0.1, -0.05) is 51.5 Å². The predicted octanol–water partition coefficient (Wildman–Crippen LogP) is 6.40. The molecule has 0 amide bonds. The molecule has 0 bridgehead atoms. The number of nitriles is 1. The normalized spacial score (nSPS) is 24.2. The molecule has 196 valence electrons. The number of aryl methyl sites for hydroxylation is 1. The molecular formula is C32H42N4O. The number of hydrogen-bond acceptors (Lipinski definition) is 5. The van der Waals surface area contributed by atoms with Crippen molar-refractivity contribution < 1.29 is 5.11 Å². The van der Waals surface area contributed by atoms with Gasteiger partial charge in [-0.2, -0.15) is 5.26 Å². The fourth-order valence-corrected chi connectivity index (χ4v) is 6.11. The second-order valence-corrected chi connectivity index (χ2v) is 10.9. The van der Waals surface area contributed by atoms with Crippen LogP contribution in [0.15, 0.2) is 57.1 Å². The number of nitrogens with zero attached hydrogens (tertiary/aromatic N) is 4. The standard InChI is InChI=1S/C32H42N4O/c1-5-7-28(26-8-6-9-30-32(35-21-34-30)27(18-26)20-37)31(22(2)3)29-19-25(11-10-23(29)4)24-12-15-36(16-13-24)17-14-33/h8,10-11,18-19,21-22,24,30,37H,5-7,9,12-13,15-17,20H2,1-4H3/b26-8+,27-18-,31-28+. The summed E-state index contributed by atoms with van der Waals surface area (Å²) >= 11 is 0. The number of piperidine rings is 1. The monoisotopic (exact) mass is 498 g/mol. The number of fused-ring (bicyclic) bond motifs is 1. The molecule has 4 rings (SSSR count). The number of benzene rings is 1. The van der Waals surface area contributed by atoms with Crippen LogP contribution >= 0.6 is 0 Å². The maximum atomic E-state index is 10.3. The van der Waals surface area contributed by atoms with E-state index in [9.17, 15) is 5.11 Å². The summed E-state index contributed by atoms with van der Waals surface area (Å²) in [6, 6.07) is 9.44. The van der Waals surface area contributed by atoms with Gasteiger partial charge in [0.05, 0.1) is 31.0 Å². The smallest absolute Gasteiger partial charge is 0.111 e. The summed E-state index contributed by atoms with van der Waals surface area (Å²) in [5.41, 5.74) is 9.96. The predicted molar refractivity (Wildman–Crippen MR) is 154 cm³/mol. The average Bonchev–Trinajstić information content (AvgIpc) is 3.33. The zero-order valence-corrected chi connectivity index (χ0v) is 23.0. The number of allylic oxidation sites excluding steroid dienone is 5. The van der Waals surface area contributed by atoms with Gasteiger partial charge in [-0.3, -0.25) is 9.89 Å². The number of hydrogen-bond donors (Lipinski definition) is 1. The molecule has 5 nitrogen and oxygen atoms in total. The molecule has 37 heavy (non-hydrogen) atoms. The number of aliphatic hydroxyl groups excluding tert-OH is 1. The lowest BCUT2D eigenvalue weighted by Gasteiger charge is -2.31. The number of likely N-dealkylation sites (tertiary alicyclic amines) is 1. The minimum atomic E-state index is -0.0224. The zero-order chi connectivity index (χ0) is 26.4. The Kier molecular flexibility index (Phi) is 9.29. The van der Waals surface area contributed by atoms with Gasteiger partial charge in [0.15, 0.2) is 0 Å². The van der Waals surface area contributed by atoms with E-state index < -0.39 is 0 Å². The van der Waals surface area contributed by atoms with Crippen LogP contribution in [0, 0.1) is 24.2 Å². The minimum Gasteiger partial charge on any atom is -0.392 e. The maximum Gasteiger partial charge on any atom is 0.111 e. The summed E-state index contributed by atoms with van der Waals surface area (Å²) in [7, 11) is 0. The molecule has 0 saturated carbocycles. The van der Waals surface area contributed by atoms with Gasteiger partial charge in [0.1, 0.15) is 6.34 Å². The Bertz CT molecular complexity index is 1170. The molecule has 1 unspecified atom stereocenters. The third-order valence-corrected chi connectivity index (χ3v) is 8.05. The van der Waals surface area contributed by atoms with Crippen molar-refractivity contribution in [3.05, 3.63) is 63.8 Å². The highest BCUT2D eigenvalue weighted by Gasteiger charge is 2.26. The van der Waals surface area contributed by atoms with Gasteiger partial charge < -0.3 is 5.11 Å². The summed E-state index contributed by atoms with van der Waals surface area (Å²) in [5, 5.41) is 19.3. The number of rotatable bonds is 8. The van der Waals surface area contributed by atoms with Crippen LogP contribution in [-0.4, -0.2) is 54.3 Å². The molecule has 1 N–H and O–H groups in total. The zero-order valence-electron chi connectivity index (χ0n) is 23.0. The molecular weight excluding hydrogens is 456 g/mol. The van der Waals surface area contributed by atoms with Crippen LogP contribution in [0.1, 0.15) is 81.9 Å².